The zero-order chi connectivity index (χ0) is 14.8. The van der Waals surface area contributed by atoms with Crippen LogP contribution in [0.2, 0.25) is 0 Å². The van der Waals surface area contributed by atoms with Gasteiger partial charge < -0.3 is 15.9 Å². The Bertz CT molecular complexity index is 593. The molecule has 0 spiro atoms. The van der Waals surface area contributed by atoms with E-state index >= 15 is 0 Å². The topological polar surface area (TPSA) is 95.6 Å². The van der Waals surface area contributed by atoms with Crippen LogP contribution in [-0.4, -0.2) is 16.1 Å². The van der Waals surface area contributed by atoms with Crippen molar-refractivity contribution in [3.8, 4) is 11.5 Å². The number of phenolic OH excluding ortho intramolecular Hbond substituents is 2. The Hall–Kier alpha value is -2.05. The molecule has 1 heterocycles. The van der Waals surface area contributed by atoms with E-state index in [1.807, 2.05) is 17.5 Å². The first-order chi connectivity index (χ1) is 9.41. The van der Waals surface area contributed by atoms with Crippen molar-refractivity contribution >= 4 is 17.2 Å². The largest absolute Gasteiger partial charge is 0.508 e. The minimum atomic E-state index is -1.18. The molecule has 20 heavy (non-hydrogen) atoms. The Morgan fingerprint density at radius 3 is 2.50 bits per heavy atom. The molecule has 0 fully saturated rings. The predicted octanol–water partition coefficient (Wildman–Crippen LogP) is 1.65. The molecule has 6 heteroatoms. The second-order valence-electron chi connectivity index (χ2n) is 4.66. The second kappa shape index (κ2) is 5.52. The van der Waals surface area contributed by atoms with E-state index in [2.05, 4.69) is 5.32 Å². The molecule has 0 radical (unpaired) electrons. The molecule has 0 aliphatic heterocycles. The van der Waals surface area contributed by atoms with Gasteiger partial charge in [0.25, 0.3) is 0 Å². The number of hydrogen-bond donors (Lipinski definition) is 4. The smallest absolute Gasteiger partial charge is 0.242 e. The van der Waals surface area contributed by atoms with Gasteiger partial charge in [-0.2, -0.15) is 0 Å². The molecule has 106 valence electrons. The molecule has 1 aromatic carbocycles. The number of carbonyl (C=O) groups is 1. The van der Waals surface area contributed by atoms with Gasteiger partial charge in [0.2, 0.25) is 5.91 Å². The van der Waals surface area contributed by atoms with Crippen molar-refractivity contribution in [1.29, 1.82) is 0 Å². The molecule has 5 N–H and O–H groups in total. The predicted molar refractivity (Wildman–Crippen MR) is 77.5 cm³/mol. The SMILES string of the molecule is CC(NCc1cccs1)(C(N)=O)c1cc(O)cc(O)c1. The van der Waals surface area contributed by atoms with Gasteiger partial charge in [0.1, 0.15) is 17.0 Å². The van der Waals surface area contributed by atoms with Gasteiger partial charge in [0.05, 0.1) is 0 Å². The number of carbonyl (C=O) groups excluding carboxylic acids is 1. The average molecular weight is 292 g/mol. The van der Waals surface area contributed by atoms with E-state index in [0.717, 1.165) is 4.88 Å². The zero-order valence-corrected chi connectivity index (χ0v) is 11.8. The summed E-state index contributed by atoms with van der Waals surface area (Å²) in [5.74, 6) is -0.824. The van der Waals surface area contributed by atoms with Crippen LogP contribution in [-0.2, 0) is 16.9 Å². The molecule has 0 saturated carbocycles. The molecule has 5 nitrogen and oxygen atoms in total. The van der Waals surface area contributed by atoms with Crippen molar-refractivity contribution in [1.82, 2.24) is 5.32 Å². The van der Waals surface area contributed by atoms with Gasteiger partial charge in [-0.25, -0.2) is 0 Å². The first kappa shape index (κ1) is 14.4. The number of rotatable bonds is 5. The normalized spacial score (nSPS) is 13.8. The molecule has 0 aliphatic rings. The maximum absolute atomic E-state index is 11.8. The lowest BCUT2D eigenvalue weighted by Gasteiger charge is -2.28. The highest BCUT2D eigenvalue weighted by molar-refractivity contribution is 7.09. The van der Waals surface area contributed by atoms with Crippen LogP contribution >= 0.6 is 11.3 Å². The molecule has 1 unspecified atom stereocenters. The quantitative estimate of drug-likeness (QED) is 0.674. The van der Waals surface area contributed by atoms with E-state index in [-0.39, 0.29) is 11.5 Å². The lowest BCUT2D eigenvalue weighted by atomic mass is 9.90. The molecule has 1 amide bonds. The van der Waals surface area contributed by atoms with Gasteiger partial charge in [0.15, 0.2) is 0 Å². The van der Waals surface area contributed by atoms with Crippen LogP contribution in [0.5, 0.6) is 11.5 Å². The number of benzene rings is 1. The molecular weight excluding hydrogens is 276 g/mol. The van der Waals surface area contributed by atoms with E-state index in [9.17, 15) is 15.0 Å². The fraction of sp³-hybridized carbons (Fsp3) is 0.214. The lowest BCUT2D eigenvalue weighted by Crippen LogP contribution is -2.49. The molecular formula is C14H16N2O3S. The molecule has 1 aromatic heterocycles. The van der Waals surface area contributed by atoms with Crippen molar-refractivity contribution in [2.75, 3.05) is 0 Å². The van der Waals surface area contributed by atoms with E-state index in [0.29, 0.717) is 12.1 Å². The van der Waals surface area contributed by atoms with Crippen LogP contribution in [0.4, 0.5) is 0 Å². The molecule has 0 aliphatic carbocycles. The summed E-state index contributed by atoms with van der Waals surface area (Å²) >= 11 is 1.56. The monoisotopic (exact) mass is 292 g/mol. The van der Waals surface area contributed by atoms with Crippen LogP contribution < -0.4 is 11.1 Å². The third-order valence-electron chi connectivity index (χ3n) is 3.17. The van der Waals surface area contributed by atoms with Gasteiger partial charge >= 0.3 is 0 Å². The minimum Gasteiger partial charge on any atom is -0.508 e. The number of thiophene rings is 1. The van der Waals surface area contributed by atoms with Crippen molar-refractivity contribution in [2.45, 2.75) is 19.0 Å². The molecule has 0 saturated heterocycles. The van der Waals surface area contributed by atoms with Gasteiger partial charge in [-0.3, -0.25) is 10.1 Å². The number of aromatic hydroxyl groups is 2. The summed E-state index contributed by atoms with van der Waals surface area (Å²) in [6.07, 6.45) is 0. The van der Waals surface area contributed by atoms with Crippen LogP contribution in [0.1, 0.15) is 17.4 Å². The first-order valence-electron chi connectivity index (χ1n) is 6.02. The number of hydrogen-bond acceptors (Lipinski definition) is 5. The summed E-state index contributed by atoms with van der Waals surface area (Å²) in [5.41, 5.74) is 4.72. The third-order valence-corrected chi connectivity index (χ3v) is 4.05. The Labute approximate surface area is 120 Å². The van der Waals surface area contributed by atoms with Crippen LogP contribution in [0, 0.1) is 0 Å². The van der Waals surface area contributed by atoms with Crippen molar-refractivity contribution < 1.29 is 15.0 Å². The number of phenols is 2. The van der Waals surface area contributed by atoms with Crippen molar-refractivity contribution in [2.24, 2.45) is 5.73 Å². The summed E-state index contributed by atoms with van der Waals surface area (Å²) in [6, 6.07) is 7.88. The zero-order valence-electron chi connectivity index (χ0n) is 11.0. The summed E-state index contributed by atoms with van der Waals surface area (Å²) in [6.45, 7) is 2.09. The highest BCUT2D eigenvalue weighted by Crippen LogP contribution is 2.29. The van der Waals surface area contributed by atoms with Crippen molar-refractivity contribution in [3.05, 3.63) is 46.2 Å². The van der Waals surface area contributed by atoms with Crippen LogP contribution in [0.25, 0.3) is 0 Å². The summed E-state index contributed by atoms with van der Waals surface area (Å²) in [7, 11) is 0. The Morgan fingerprint density at radius 2 is 2.00 bits per heavy atom. The maximum atomic E-state index is 11.8. The van der Waals surface area contributed by atoms with E-state index in [1.54, 1.807) is 18.3 Å². The number of nitrogens with one attached hydrogen (secondary N) is 1. The lowest BCUT2D eigenvalue weighted by molar-refractivity contribution is -0.124. The fourth-order valence-corrected chi connectivity index (χ4v) is 2.54. The van der Waals surface area contributed by atoms with E-state index < -0.39 is 11.4 Å². The summed E-state index contributed by atoms with van der Waals surface area (Å²) in [4.78, 5) is 12.9. The average Bonchev–Trinajstić information content (AvgIpc) is 2.87. The molecule has 1 atom stereocenters. The van der Waals surface area contributed by atoms with E-state index in [4.69, 9.17) is 5.73 Å². The third kappa shape index (κ3) is 2.92. The Balaban J connectivity index is 2.30. The molecule has 2 aromatic rings. The molecule has 0 bridgehead atoms. The van der Waals surface area contributed by atoms with Crippen LogP contribution in [0.3, 0.4) is 0 Å². The minimum absolute atomic E-state index is 0.120. The summed E-state index contributed by atoms with van der Waals surface area (Å²) in [5, 5.41) is 24.1. The Morgan fingerprint density at radius 1 is 1.35 bits per heavy atom. The highest BCUT2D eigenvalue weighted by atomic mass is 32.1. The van der Waals surface area contributed by atoms with Gasteiger partial charge in [-0.1, -0.05) is 6.07 Å². The highest BCUT2D eigenvalue weighted by Gasteiger charge is 2.33. The Kier molecular flexibility index (Phi) is 3.96. The van der Waals surface area contributed by atoms with Gasteiger partial charge in [0, 0.05) is 17.5 Å². The van der Waals surface area contributed by atoms with Gasteiger partial charge in [-0.15, -0.1) is 11.3 Å². The second-order valence-corrected chi connectivity index (χ2v) is 5.69. The standard InChI is InChI=1S/C14H16N2O3S/c1-14(13(15)19,16-8-12-3-2-4-20-12)9-5-10(17)7-11(18)6-9/h2-7,16-18H,8H2,1H3,(H2,15,19). The summed E-state index contributed by atoms with van der Waals surface area (Å²) < 4.78 is 0. The maximum Gasteiger partial charge on any atom is 0.242 e. The number of amides is 1. The number of primary amides is 1. The van der Waals surface area contributed by atoms with E-state index in [1.165, 1.54) is 18.2 Å². The van der Waals surface area contributed by atoms with Crippen LogP contribution in [0.15, 0.2) is 35.7 Å². The van der Waals surface area contributed by atoms with Gasteiger partial charge in [-0.05, 0) is 36.1 Å². The fourth-order valence-electron chi connectivity index (χ4n) is 1.89. The van der Waals surface area contributed by atoms with Crippen molar-refractivity contribution in [3.63, 3.8) is 0 Å². The first-order valence-corrected chi connectivity index (χ1v) is 6.90. The number of nitrogens with two attached hydrogens (primary N) is 1. The molecule has 2 rings (SSSR count).